The van der Waals surface area contributed by atoms with Crippen molar-refractivity contribution in [2.45, 2.75) is 71.4 Å². The first-order valence-corrected chi connectivity index (χ1v) is 9.62. The van der Waals surface area contributed by atoms with Gasteiger partial charge in [-0.15, -0.1) is 0 Å². The molecule has 1 atom stereocenters. The van der Waals surface area contributed by atoms with Gasteiger partial charge in [0.15, 0.2) is 0 Å². The SMILES string of the molecule is CCC(CSC)N(C)C1(CN)CCC(C(C)(C)C)CC1. The topological polar surface area (TPSA) is 29.3 Å². The van der Waals surface area contributed by atoms with E-state index in [1.54, 1.807) is 0 Å². The molecule has 2 N–H and O–H groups in total. The van der Waals surface area contributed by atoms with Gasteiger partial charge in [-0.05, 0) is 56.7 Å². The van der Waals surface area contributed by atoms with Gasteiger partial charge in [0.2, 0.25) is 0 Å². The highest BCUT2D eigenvalue weighted by molar-refractivity contribution is 7.98. The zero-order valence-electron chi connectivity index (χ0n) is 14.5. The Morgan fingerprint density at radius 1 is 1.30 bits per heavy atom. The van der Waals surface area contributed by atoms with Crippen LogP contribution in [0.4, 0.5) is 0 Å². The normalized spacial score (nSPS) is 29.7. The van der Waals surface area contributed by atoms with Crippen LogP contribution in [0.1, 0.15) is 59.8 Å². The molecule has 20 heavy (non-hydrogen) atoms. The van der Waals surface area contributed by atoms with E-state index in [0.29, 0.717) is 11.5 Å². The first kappa shape index (κ1) is 18.3. The van der Waals surface area contributed by atoms with Crippen LogP contribution in [0.2, 0.25) is 0 Å². The molecule has 2 nitrogen and oxygen atoms in total. The van der Waals surface area contributed by atoms with Crippen molar-refractivity contribution >= 4 is 11.8 Å². The Balaban J connectivity index is 2.75. The highest BCUT2D eigenvalue weighted by atomic mass is 32.2. The average Bonchev–Trinajstić information content (AvgIpc) is 2.43. The van der Waals surface area contributed by atoms with Crippen molar-refractivity contribution in [2.75, 3.05) is 25.6 Å². The van der Waals surface area contributed by atoms with E-state index in [0.717, 1.165) is 12.5 Å². The van der Waals surface area contributed by atoms with Gasteiger partial charge < -0.3 is 5.73 Å². The number of likely N-dealkylation sites (N-methyl/N-ethyl adjacent to an activating group) is 1. The lowest BCUT2D eigenvalue weighted by Crippen LogP contribution is -2.58. The Hall–Kier alpha value is 0.270. The Labute approximate surface area is 131 Å². The van der Waals surface area contributed by atoms with Crippen molar-refractivity contribution in [3.8, 4) is 0 Å². The molecule has 3 heteroatoms. The second kappa shape index (κ2) is 7.51. The van der Waals surface area contributed by atoms with E-state index in [2.05, 4.69) is 45.9 Å². The third-order valence-corrected chi connectivity index (χ3v) is 6.37. The predicted molar refractivity (Wildman–Crippen MR) is 93.4 cm³/mol. The van der Waals surface area contributed by atoms with Gasteiger partial charge in [0, 0.05) is 23.9 Å². The van der Waals surface area contributed by atoms with E-state index in [4.69, 9.17) is 5.73 Å². The van der Waals surface area contributed by atoms with E-state index in [1.807, 2.05) is 11.8 Å². The molecule has 0 amide bonds. The smallest absolute Gasteiger partial charge is 0.0332 e. The molecule has 0 saturated heterocycles. The molecule has 120 valence electrons. The fourth-order valence-electron chi connectivity index (χ4n) is 3.81. The Kier molecular flexibility index (Phi) is 6.88. The van der Waals surface area contributed by atoms with Crippen LogP contribution in [-0.4, -0.2) is 42.1 Å². The van der Waals surface area contributed by atoms with Gasteiger partial charge >= 0.3 is 0 Å². The summed E-state index contributed by atoms with van der Waals surface area (Å²) in [6.45, 7) is 10.3. The zero-order valence-corrected chi connectivity index (χ0v) is 15.4. The van der Waals surface area contributed by atoms with Gasteiger partial charge in [-0.3, -0.25) is 4.90 Å². The number of rotatable bonds is 6. The van der Waals surface area contributed by atoms with Crippen LogP contribution in [-0.2, 0) is 0 Å². The zero-order chi connectivity index (χ0) is 15.4. The minimum Gasteiger partial charge on any atom is -0.329 e. The Morgan fingerprint density at radius 2 is 1.85 bits per heavy atom. The molecule has 1 unspecified atom stereocenters. The summed E-state index contributed by atoms with van der Waals surface area (Å²) in [4.78, 5) is 2.63. The summed E-state index contributed by atoms with van der Waals surface area (Å²) < 4.78 is 0. The van der Waals surface area contributed by atoms with Crippen molar-refractivity contribution in [1.82, 2.24) is 4.90 Å². The predicted octanol–water partition coefficient (Wildman–Crippen LogP) is 3.99. The molecule has 1 rings (SSSR count). The fourth-order valence-corrected chi connectivity index (χ4v) is 4.65. The number of hydrogen-bond donors (Lipinski definition) is 1. The molecule has 1 aliphatic carbocycles. The number of nitrogens with zero attached hydrogens (tertiary/aromatic N) is 1. The molecule has 0 bridgehead atoms. The quantitative estimate of drug-likeness (QED) is 0.804. The molecule has 0 aromatic rings. The maximum atomic E-state index is 6.23. The minimum absolute atomic E-state index is 0.248. The number of thioether (sulfide) groups is 1. The third-order valence-electron chi connectivity index (χ3n) is 5.65. The second-order valence-corrected chi connectivity index (χ2v) is 8.61. The molecule has 1 aliphatic rings. The van der Waals surface area contributed by atoms with Crippen LogP contribution in [0.3, 0.4) is 0 Å². The third kappa shape index (κ3) is 4.14. The van der Waals surface area contributed by atoms with Crippen LogP contribution in [0, 0.1) is 11.3 Å². The van der Waals surface area contributed by atoms with Crippen molar-refractivity contribution < 1.29 is 0 Å². The molecule has 0 spiro atoms. The molecule has 0 aromatic heterocycles. The van der Waals surface area contributed by atoms with E-state index in [-0.39, 0.29) is 5.54 Å². The Bertz CT molecular complexity index is 277. The summed E-state index contributed by atoms with van der Waals surface area (Å²) in [5, 5.41) is 0. The molecular formula is C17H36N2S. The molecule has 0 radical (unpaired) electrons. The van der Waals surface area contributed by atoms with Crippen LogP contribution >= 0.6 is 11.8 Å². The maximum Gasteiger partial charge on any atom is 0.0332 e. The summed E-state index contributed by atoms with van der Waals surface area (Å²) in [7, 11) is 2.31. The van der Waals surface area contributed by atoms with Crippen LogP contribution in [0.25, 0.3) is 0 Å². The van der Waals surface area contributed by atoms with Gasteiger partial charge in [-0.25, -0.2) is 0 Å². The molecule has 0 aliphatic heterocycles. The van der Waals surface area contributed by atoms with Crippen molar-refractivity contribution in [3.63, 3.8) is 0 Å². The van der Waals surface area contributed by atoms with Crippen molar-refractivity contribution in [1.29, 1.82) is 0 Å². The van der Waals surface area contributed by atoms with E-state index >= 15 is 0 Å². The van der Waals surface area contributed by atoms with Gasteiger partial charge in [0.1, 0.15) is 0 Å². The molecular weight excluding hydrogens is 264 g/mol. The fraction of sp³-hybridized carbons (Fsp3) is 1.00. The monoisotopic (exact) mass is 300 g/mol. The summed E-state index contributed by atoms with van der Waals surface area (Å²) >= 11 is 1.96. The second-order valence-electron chi connectivity index (χ2n) is 7.70. The average molecular weight is 301 g/mol. The van der Waals surface area contributed by atoms with E-state index in [9.17, 15) is 0 Å². The highest BCUT2D eigenvalue weighted by Crippen LogP contribution is 2.43. The van der Waals surface area contributed by atoms with Crippen LogP contribution in [0.5, 0.6) is 0 Å². The standard InChI is InChI=1S/C17H36N2S/c1-7-15(12-20-6)19(5)17(13-18)10-8-14(9-11-17)16(2,3)4/h14-15H,7-13,18H2,1-6H3. The summed E-state index contributed by atoms with van der Waals surface area (Å²) in [6.07, 6.45) is 8.64. The Morgan fingerprint density at radius 3 is 2.20 bits per heavy atom. The maximum absolute atomic E-state index is 6.23. The lowest BCUT2D eigenvalue weighted by molar-refractivity contribution is 0.0162. The minimum atomic E-state index is 0.248. The molecule has 0 heterocycles. The van der Waals surface area contributed by atoms with E-state index in [1.165, 1.54) is 37.9 Å². The number of nitrogens with two attached hydrogens (primary N) is 1. The summed E-state index contributed by atoms with van der Waals surface area (Å²) in [5.74, 6) is 2.08. The van der Waals surface area contributed by atoms with Gasteiger partial charge in [-0.1, -0.05) is 27.7 Å². The molecule has 1 saturated carbocycles. The lowest BCUT2D eigenvalue weighted by atomic mass is 9.66. The van der Waals surface area contributed by atoms with Crippen molar-refractivity contribution in [2.24, 2.45) is 17.1 Å². The van der Waals surface area contributed by atoms with Crippen LogP contribution in [0.15, 0.2) is 0 Å². The lowest BCUT2D eigenvalue weighted by Gasteiger charge is -2.50. The highest BCUT2D eigenvalue weighted by Gasteiger charge is 2.42. The first-order valence-electron chi connectivity index (χ1n) is 8.22. The van der Waals surface area contributed by atoms with Gasteiger partial charge in [0.05, 0.1) is 0 Å². The van der Waals surface area contributed by atoms with E-state index < -0.39 is 0 Å². The van der Waals surface area contributed by atoms with Gasteiger partial charge in [0.25, 0.3) is 0 Å². The summed E-state index contributed by atoms with van der Waals surface area (Å²) in [5.41, 5.74) is 6.93. The number of hydrogen-bond acceptors (Lipinski definition) is 3. The van der Waals surface area contributed by atoms with Gasteiger partial charge in [-0.2, -0.15) is 11.8 Å². The van der Waals surface area contributed by atoms with Crippen molar-refractivity contribution in [3.05, 3.63) is 0 Å². The first-order chi connectivity index (χ1) is 9.30. The molecule has 1 fully saturated rings. The largest absolute Gasteiger partial charge is 0.329 e. The summed E-state index contributed by atoms with van der Waals surface area (Å²) in [6, 6.07) is 0.666. The van der Waals surface area contributed by atoms with Crippen LogP contribution < -0.4 is 5.73 Å². The molecule has 0 aromatic carbocycles.